The van der Waals surface area contributed by atoms with Crippen LogP contribution in [0.15, 0.2) is 42.5 Å². The van der Waals surface area contributed by atoms with E-state index >= 15 is 0 Å². The van der Waals surface area contributed by atoms with Crippen molar-refractivity contribution in [3.05, 3.63) is 54.3 Å². The number of phenolic OH excluding ortho intramolecular Hbond substituents is 1. The number of halogens is 1. The van der Waals surface area contributed by atoms with Crippen LogP contribution in [0.25, 0.3) is 0 Å². The summed E-state index contributed by atoms with van der Waals surface area (Å²) in [6.45, 7) is 0. The van der Waals surface area contributed by atoms with Gasteiger partial charge in [0.05, 0.1) is 0 Å². The molecular formula is C12H8FO2. The van der Waals surface area contributed by atoms with Gasteiger partial charge in [0.2, 0.25) is 0 Å². The SMILES string of the molecule is Oc1c[c]c(Oc2ccc(F)cc2)cc1. The summed E-state index contributed by atoms with van der Waals surface area (Å²) in [5, 5.41) is 9.02. The Kier molecular flexibility index (Phi) is 2.54. The highest BCUT2D eigenvalue weighted by Crippen LogP contribution is 2.22. The molecule has 15 heavy (non-hydrogen) atoms. The van der Waals surface area contributed by atoms with Crippen molar-refractivity contribution in [1.82, 2.24) is 0 Å². The molecule has 0 bridgehead atoms. The van der Waals surface area contributed by atoms with Gasteiger partial charge >= 0.3 is 0 Å². The fourth-order valence-electron chi connectivity index (χ4n) is 1.10. The molecule has 2 aromatic rings. The maximum Gasteiger partial charge on any atom is 0.135 e. The summed E-state index contributed by atoms with van der Waals surface area (Å²) in [4.78, 5) is 0. The zero-order valence-electron chi connectivity index (χ0n) is 7.77. The molecule has 1 N–H and O–H groups in total. The number of rotatable bonds is 2. The lowest BCUT2D eigenvalue weighted by atomic mass is 10.3. The Hall–Kier alpha value is -2.03. The van der Waals surface area contributed by atoms with Crippen molar-refractivity contribution in [2.75, 3.05) is 0 Å². The molecular weight excluding hydrogens is 195 g/mol. The predicted molar refractivity (Wildman–Crippen MR) is 53.4 cm³/mol. The molecule has 0 fully saturated rings. The van der Waals surface area contributed by atoms with Crippen LogP contribution in [0, 0.1) is 11.9 Å². The smallest absolute Gasteiger partial charge is 0.135 e. The van der Waals surface area contributed by atoms with Crippen LogP contribution in [0.1, 0.15) is 0 Å². The van der Waals surface area contributed by atoms with Gasteiger partial charge in [-0.05, 0) is 42.5 Å². The Balaban J connectivity index is 2.15. The van der Waals surface area contributed by atoms with E-state index in [1.54, 1.807) is 6.07 Å². The highest BCUT2D eigenvalue weighted by atomic mass is 19.1. The van der Waals surface area contributed by atoms with Crippen LogP contribution in [-0.2, 0) is 0 Å². The van der Waals surface area contributed by atoms with Gasteiger partial charge in [0.25, 0.3) is 0 Å². The molecule has 3 heteroatoms. The third-order valence-electron chi connectivity index (χ3n) is 1.81. The van der Waals surface area contributed by atoms with Crippen LogP contribution < -0.4 is 4.74 Å². The fourth-order valence-corrected chi connectivity index (χ4v) is 1.10. The van der Waals surface area contributed by atoms with Gasteiger partial charge in [0.15, 0.2) is 0 Å². The van der Waals surface area contributed by atoms with E-state index in [4.69, 9.17) is 9.84 Å². The normalized spacial score (nSPS) is 9.93. The number of phenols is 1. The van der Waals surface area contributed by atoms with Crippen molar-refractivity contribution >= 4 is 0 Å². The number of hydrogen-bond acceptors (Lipinski definition) is 2. The number of hydrogen-bond donors (Lipinski definition) is 1. The van der Waals surface area contributed by atoms with Crippen molar-refractivity contribution in [1.29, 1.82) is 0 Å². The fraction of sp³-hybridized carbons (Fsp3) is 0. The lowest BCUT2D eigenvalue weighted by Crippen LogP contribution is -1.83. The van der Waals surface area contributed by atoms with E-state index in [2.05, 4.69) is 6.07 Å². The molecule has 0 atom stereocenters. The molecule has 0 amide bonds. The molecule has 0 heterocycles. The van der Waals surface area contributed by atoms with Gasteiger partial charge in [-0.2, -0.15) is 0 Å². The maximum atomic E-state index is 12.6. The summed E-state index contributed by atoms with van der Waals surface area (Å²) in [5.74, 6) is 0.816. The van der Waals surface area contributed by atoms with E-state index in [1.807, 2.05) is 0 Å². The summed E-state index contributed by atoms with van der Waals surface area (Å²) in [6.07, 6.45) is 0. The zero-order chi connectivity index (χ0) is 10.7. The van der Waals surface area contributed by atoms with Crippen molar-refractivity contribution in [2.45, 2.75) is 0 Å². The van der Waals surface area contributed by atoms with Gasteiger partial charge in [-0.1, -0.05) is 0 Å². The average Bonchev–Trinajstić information content (AvgIpc) is 2.25. The van der Waals surface area contributed by atoms with Gasteiger partial charge in [0, 0.05) is 6.07 Å². The molecule has 75 valence electrons. The second kappa shape index (κ2) is 4.00. The lowest BCUT2D eigenvalue weighted by molar-refractivity contribution is 0.463. The van der Waals surface area contributed by atoms with Crippen molar-refractivity contribution < 1.29 is 14.2 Å². The van der Waals surface area contributed by atoms with Crippen LogP contribution >= 0.6 is 0 Å². The third-order valence-corrected chi connectivity index (χ3v) is 1.81. The molecule has 0 saturated heterocycles. The third kappa shape index (κ3) is 2.47. The molecule has 2 rings (SSSR count). The van der Waals surface area contributed by atoms with Gasteiger partial charge in [0.1, 0.15) is 23.1 Å². The maximum absolute atomic E-state index is 12.6. The second-order valence-electron chi connectivity index (χ2n) is 2.97. The average molecular weight is 203 g/mol. The first-order valence-electron chi connectivity index (χ1n) is 4.38. The van der Waals surface area contributed by atoms with E-state index in [-0.39, 0.29) is 11.6 Å². The monoisotopic (exact) mass is 203 g/mol. The Morgan fingerprint density at radius 1 is 1.07 bits per heavy atom. The summed E-state index contributed by atoms with van der Waals surface area (Å²) in [5.41, 5.74) is 0. The lowest BCUT2D eigenvalue weighted by Gasteiger charge is -2.04. The van der Waals surface area contributed by atoms with Gasteiger partial charge < -0.3 is 9.84 Å². The first kappa shape index (κ1) is 9.52. The largest absolute Gasteiger partial charge is 0.508 e. The topological polar surface area (TPSA) is 29.5 Å². The van der Waals surface area contributed by atoms with Gasteiger partial charge in [-0.25, -0.2) is 4.39 Å². The van der Waals surface area contributed by atoms with E-state index < -0.39 is 0 Å². The molecule has 0 aliphatic heterocycles. The molecule has 1 radical (unpaired) electrons. The van der Waals surface area contributed by atoms with Crippen LogP contribution in [0.3, 0.4) is 0 Å². The molecule has 0 unspecified atom stereocenters. The van der Waals surface area contributed by atoms with Crippen LogP contribution in [0.2, 0.25) is 0 Å². The van der Waals surface area contributed by atoms with Crippen molar-refractivity contribution in [3.63, 3.8) is 0 Å². The van der Waals surface area contributed by atoms with E-state index in [0.717, 1.165) is 0 Å². The highest BCUT2D eigenvalue weighted by Gasteiger charge is 1.97. The molecule has 2 aromatic carbocycles. The minimum absolute atomic E-state index is 0.126. The summed E-state index contributed by atoms with van der Waals surface area (Å²) in [6, 6.07) is 12.9. The van der Waals surface area contributed by atoms with E-state index in [1.165, 1.54) is 36.4 Å². The number of benzene rings is 2. The summed E-state index contributed by atoms with van der Waals surface area (Å²) >= 11 is 0. The summed E-state index contributed by atoms with van der Waals surface area (Å²) in [7, 11) is 0. The quantitative estimate of drug-likeness (QED) is 0.812. The molecule has 0 aromatic heterocycles. The molecule has 0 spiro atoms. The van der Waals surface area contributed by atoms with E-state index in [0.29, 0.717) is 11.5 Å². The second-order valence-corrected chi connectivity index (χ2v) is 2.97. The minimum Gasteiger partial charge on any atom is -0.508 e. The Bertz CT molecular complexity index is 391. The Morgan fingerprint density at radius 3 is 2.40 bits per heavy atom. The standard InChI is InChI=1S/C12H8FO2/c13-9-1-5-11(6-2-9)15-12-7-3-10(14)4-8-12/h1-7,14H. The Morgan fingerprint density at radius 2 is 1.80 bits per heavy atom. The number of ether oxygens (including phenoxy) is 1. The van der Waals surface area contributed by atoms with Crippen LogP contribution in [-0.4, -0.2) is 5.11 Å². The van der Waals surface area contributed by atoms with Gasteiger partial charge in [-0.15, -0.1) is 0 Å². The van der Waals surface area contributed by atoms with E-state index in [9.17, 15) is 4.39 Å². The van der Waals surface area contributed by atoms with Crippen molar-refractivity contribution in [3.8, 4) is 17.2 Å². The molecule has 2 nitrogen and oxygen atoms in total. The van der Waals surface area contributed by atoms with Crippen molar-refractivity contribution in [2.24, 2.45) is 0 Å². The molecule has 0 aliphatic rings. The number of aromatic hydroxyl groups is 1. The molecule has 0 saturated carbocycles. The first-order valence-corrected chi connectivity index (χ1v) is 4.38. The highest BCUT2D eigenvalue weighted by molar-refractivity contribution is 5.33. The first-order chi connectivity index (χ1) is 7.24. The minimum atomic E-state index is -0.308. The van der Waals surface area contributed by atoms with Gasteiger partial charge in [-0.3, -0.25) is 0 Å². The zero-order valence-corrected chi connectivity index (χ0v) is 7.77. The van der Waals surface area contributed by atoms with Crippen LogP contribution in [0.5, 0.6) is 17.2 Å². The summed E-state index contributed by atoms with van der Waals surface area (Å²) < 4.78 is 17.9. The molecule has 0 aliphatic carbocycles. The Labute approximate surface area is 86.6 Å². The van der Waals surface area contributed by atoms with Crippen LogP contribution in [0.4, 0.5) is 4.39 Å². The predicted octanol–water partition coefficient (Wildman–Crippen LogP) is 3.12.